The van der Waals surface area contributed by atoms with Crippen LogP contribution in [-0.2, 0) is 14.0 Å². The molecule has 4 N–H and O–H groups in total. The number of hydrogen-bond donors (Lipinski definition) is 4. The second-order valence-electron chi connectivity index (χ2n) is 3.57. The lowest BCUT2D eigenvalue weighted by molar-refractivity contribution is -0.0620. The van der Waals surface area contributed by atoms with Crippen molar-refractivity contribution in [2.75, 3.05) is 19.8 Å². The Kier molecular flexibility index (Phi) is 13.9. The zero-order valence-electron chi connectivity index (χ0n) is 10.3. The highest BCUT2D eigenvalue weighted by Gasteiger charge is 2.06. The van der Waals surface area contributed by atoms with E-state index < -0.39 is 14.4 Å². The molecule has 0 spiro atoms. The molecule has 17 heavy (non-hydrogen) atoms. The number of aliphatic hydroxyl groups is 2. The van der Waals surface area contributed by atoms with E-state index in [1.54, 1.807) is 13.8 Å². The van der Waals surface area contributed by atoms with E-state index in [0.717, 1.165) is 0 Å². The van der Waals surface area contributed by atoms with Crippen LogP contribution in [0.5, 0.6) is 0 Å². The molecular weight excluding hydrogens is 251 g/mol. The summed E-state index contributed by atoms with van der Waals surface area (Å²) in [5, 5.41) is 17.6. The van der Waals surface area contributed by atoms with E-state index in [4.69, 9.17) is 34.0 Å². The molecule has 8 heteroatoms. The van der Waals surface area contributed by atoms with Crippen LogP contribution in [0.3, 0.4) is 0 Å². The maximum atomic E-state index is 8.92. The van der Waals surface area contributed by atoms with Crippen molar-refractivity contribution in [3.63, 3.8) is 0 Å². The Labute approximate surface area is 102 Å². The van der Waals surface area contributed by atoms with Gasteiger partial charge in [0.25, 0.3) is 0 Å². The smallest absolute Gasteiger partial charge is 0.394 e. The van der Waals surface area contributed by atoms with E-state index >= 15 is 0 Å². The fraction of sp³-hybridized carbons (Fsp3) is 1.00. The molecular formula is C9H22O7P+. The fourth-order valence-corrected chi connectivity index (χ4v) is 0.704. The molecule has 0 radical (unpaired) electrons. The van der Waals surface area contributed by atoms with Crippen molar-refractivity contribution in [2.45, 2.75) is 39.1 Å². The van der Waals surface area contributed by atoms with Crippen LogP contribution in [0.1, 0.15) is 20.8 Å². The number of ether oxygens (including phenoxy) is 2. The van der Waals surface area contributed by atoms with Crippen molar-refractivity contribution < 1.29 is 34.0 Å². The molecule has 0 aliphatic heterocycles. The summed E-state index contributed by atoms with van der Waals surface area (Å²) in [7, 11) is -2.87. The lowest BCUT2D eigenvalue weighted by atomic mass is 10.4. The molecule has 0 aromatic carbocycles. The minimum atomic E-state index is -2.87. The van der Waals surface area contributed by atoms with Gasteiger partial charge in [-0.25, -0.2) is 0 Å². The predicted molar refractivity (Wildman–Crippen MR) is 61.6 cm³/mol. The monoisotopic (exact) mass is 273 g/mol. The molecule has 0 aromatic rings. The topological polar surface area (TPSA) is 116 Å². The summed E-state index contributed by atoms with van der Waals surface area (Å²) in [6.45, 7) is 6.10. The lowest BCUT2D eigenvalue weighted by Gasteiger charge is -2.16. The van der Waals surface area contributed by atoms with Gasteiger partial charge in [0, 0.05) is 4.57 Å². The molecule has 7 nitrogen and oxygen atoms in total. The zero-order chi connectivity index (χ0) is 13.8. The van der Waals surface area contributed by atoms with Gasteiger partial charge in [-0.2, -0.15) is 0 Å². The molecule has 0 aliphatic rings. The van der Waals surface area contributed by atoms with E-state index in [-0.39, 0.29) is 18.8 Å². The van der Waals surface area contributed by atoms with Crippen molar-refractivity contribution in [3.8, 4) is 0 Å². The van der Waals surface area contributed by atoms with Crippen molar-refractivity contribution in [2.24, 2.45) is 0 Å². The molecule has 104 valence electrons. The van der Waals surface area contributed by atoms with Gasteiger partial charge in [-0.15, -0.1) is 9.79 Å². The van der Waals surface area contributed by atoms with E-state index in [2.05, 4.69) is 0 Å². The van der Waals surface area contributed by atoms with Gasteiger partial charge in [0.1, 0.15) is 0 Å². The first kappa shape index (κ1) is 19.2. The van der Waals surface area contributed by atoms with Gasteiger partial charge in [-0.05, 0) is 20.8 Å². The molecule has 0 amide bonds. The van der Waals surface area contributed by atoms with E-state index in [1.807, 2.05) is 6.92 Å². The van der Waals surface area contributed by atoms with Gasteiger partial charge >= 0.3 is 8.25 Å². The van der Waals surface area contributed by atoms with E-state index in [1.165, 1.54) is 0 Å². The molecule has 0 aromatic heterocycles. The highest BCUT2D eigenvalue weighted by Crippen LogP contribution is 1.98. The van der Waals surface area contributed by atoms with Gasteiger partial charge in [0.05, 0.1) is 38.1 Å². The molecule has 0 fully saturated rings. The van der Waals surface area contributed by atoms with Crippen LogP contribution < -0.4 is 0 Å². The molecule has 0 aliphatic carbocycles. The Morgan fingerprint density at radius 2 is 1.47 bits per heavy atom. The molecule has 0 rings (SSSR count). The molecule has 3 atom stereocenters. The van der Waals surface area contributed by atoms with Crippen molar-refractivity contribution in [3.05, 3.63) is 0 Å². The van der Waals surface area contributed by atoms with Gasteiger partial charge in [-0.1, -0.05) is 0 Å². The first-order valence-electron chi connectivity index (χ1n) is 5.16. The summed E-state index contributed by atoms with van der Waals surface area (Å²) >= 11 is 0. The number of rotatable bonds is 7. The van der Waals surface area contributed by atoms with Gasteiger partial charge in [0.2, 0.25) is 0 Å². The van der Waals surface area contributed by atoms with Crippen molar-refractivity contribution >= 4 is 8.25 Å². The summed E-state index contributed by atoms with van der Waals surface area (Å²) < 4.78 is 19.2. The van der Waals surface area contributed by atoms with Crippen LogP contribution in [0.25, 0.3) is 0 Å². The van der Waals surface area contributed by atoms with Crippen LogP contribution >= 0.6 is 8.25 Å². The third-order valence-electron chi connectivity index (χ3n) is 1.49. The Hall–Kier alpha value is -0.140. The number of aliphatic hydroxyl groups excluding tert-OH is 2. The Bertz CT molecular complexity index is 184. The van der Waals surface area contributed by atoms with Crippen LogP contribution in [-0.4, -0.2) is 58.1 Å². The third-order valence-corrected chi connectivity index (χ3v) is 1.49. The Balaban J connectivity index is 0. The van der Waals surface area contributed by atoms with Crippen molar-refractivity contribution in [1.29, 1.82) is 0 Å². The maximum Gasteiger partial charge on any atom is 0.692 e. The van der Waals surface area contributed by atoms with Crippen LogP contribution in [0.4, 0.5) is 0 Å². The van der Waals surface area contributed by atoms with E-state index in [9.17, 15) is 0 Å². The molecule has 3 unspecified atom stereocenters. The van der Waals surface area contributed by atoms with Gasteiger partial charge in [0.15, 0.2) is 0 Å². The summed E-state index contributed by atoms with van der Waals surface area (Å²) in [5.74, 6) is 0. The molecule has 0 bridgehead atoms. The summed E-state index contributed by atoms with van der Waals surface area (Å²) in [6.07, 6.45) is -0.654. The molecule has 0 saturated heterocycles. The van der Waals surface area contributed by atoms with Crippen molar-refractivity contribution in [1.82, 2.24) is 0 Å². The predicted octanol–water partition coefficient (Wildman–Crippen LogP) is -0.202. The summed E-state index contributed by atoms with van der Waals surface area (Å²) in [4.78, 5) is 14.2. The van der Waals surface area contributed by atoms with Gasteiger partial charge < -0.3 is 19.7 Å². The minimum Gasteiger partial charge on any atom is -0.394 e. The summed E-state index contributed by atoms with van der Waals surface area (Å²) in [6, 6.07) is 0. The maximum absolute atomic E-state index is 8.92. The fourth-order valence-electron chi connectivity index (χ4n) is 0.704. The van der Waals surface area contributed by atoms with Crippen LogP contribution in [0.2, 0.25) is 0 Å². The highest BCUT2D eigenvalue weighted by atomic mass is 31.1. The van der Waals surface area contributed by atoms with Gasteiger partial charge in [-0.3, -0.25) is 0 Å². The first-order chi connectivity index (χ1) is 7.79. The van der Waals surface area contributed by atoms with Crippen LogP contribution in [0, 0.1) is 0 Å². The Morgan fingerprint density at radius 3 is 1.82 bits per heavy atom. The zero-order valence-corrected chi connectivity index (χ0v) is 11.2. The Morgan fingerprint density at radius 1 is 1.06 bits per heavy atom. The average Bonchev–Trinajstić information content (AvgIpc) is 2.22. The first-order valence-corrected chi connectivity index (χ1v) is 6.33. The van der Waals surface area contributed by atoms with Crippen LogP contribution in [0.15, 0.2) is 0 Å². The largest absolute Gasteiger partial charge is 0.692 e. The second kappa shape index (κ2) is 12.3. The SMILES string of the molecule is CC(O)COC(C)COC(C)CO.O=[P+](O)O. The lowest BCUT2D eigenvalue weighted by Crippen LogP contribution is -2.24. The number of hydrogen-bond acceptors (Lipinski definition) is 5. The molecule has 0 saturated carbocycles. The summed E-state index contributed by atoms with van der Waals surface area (Å²) in [5.41, 5.74) is 0. The molecule has 0 heterocycles. The average molecular weight is 273 g/mol. The highest BCUT2D eigenvalue weighted by molar-refractivity contribution is 7.30. The van der Waals surface area contributed by atoms with E-state index in [0.29, 0.717) is 13.2 Å². The quantitative estimate of drug-likeness (QED) is 0.474. The normalized spacial score (nSPS) is 15.5. The minimum absolute atomic E-state index is 0.0170. The second-order valence-corrected chi connectivity index (χ2v) is 4.08. The third kappa shape index (κ3) is 21.7. The standard InChI is InChI=1S/C9H20O4.HO3P/c1-7(11)5-12-9(3)6-13-8(2)4-10;1-4(2)3/h7-11H,4-6H2,1-3H3;(H-,1,2,3)/p+1.